The normalized spacial score (nSPS) is 18.7. The van der Waals surface area contributed by atoms with Gasteiger partial charge in [-0.3, -0.25) is 4.68 Å². The van der Waals surface area contributed by atoms with Crippen molar-refractivity contribution in [2.24, 2.45) is 7.05 Å². The van der Waals surface area contributed by atoms with Gasteiger partial charge in [-0.1, -0.05) is 0 Å². The molecule has 0 unspecified atom stereocenters. The van der Waals surface area contributed by atoms with Crippen molar-refractivity contribution in [3.63, 3.8) is 0 Å². The topological polar surface area (TPSA) is 53.1 Å². The Morgan fingerprint density at radius 3 is 2.64 bits per heavy atom. The molecule has 1 aliphatic heterocycles. The highest BCUT2D eigenvalue weighted by Gasteiger charge is 2.24. The summed E-state index contributed by atoms with van der Waals surface area (Å²) in [5.41, 5.74) is 6.00. The van der Waals surface area contributed by atoms with Gasteiger partial charge in [0, 0.05) is 26.2 Å². The Labute approximate surface area is 81.8 Å². The van der Waals surface area contributed by atoms with Crippen molar-refractivity contribution >= 4 is 5.82 Å². The molecule has 0 bridgehead atoms. The van der Waals surface area contributed by atoms with Crippen LogP contribution in [0.3, 0.4) is 0 Å². The maximum Gasteiger partial charge on any atom is 0.188 e. The number of anilines is 1. The number of halogens is 1. The van der Waals surface area contributed by atoms with E-state index in [1.807, 2.05) is 0 Å². The first kappa shape index (κ1) is 9.45. The third kappa shape index (κ3) is 1.48. The molecule has 2 N–H and O–H groups in total. The fraction of sp³-hybridized carbons (Fsp3) is 0.667. The molecule has 5 heteroatoms. The number of rotatable bonds is 1. The summed E-state index contributed by atoms with van der Waals surface area (Å²) in [6, 6.07) is 0. The van der Waals surface area contributed by atoms with Gasteiger partial charge in [0.05, 0.1) is 0 Å². The Morgan fingerprint density at radius 1 is 1.50 bits per heavy atom. The minimum absolute atomic E-state index is 0.117. The largest absolute Gasteiger partial charge is 0.381 e. The summed E-state index contributed by atoms with van der Waals surface area (Å²) in [5, 5.41) is 4.09. The molecule has 0 radical (unpaired) electrons. The van der Waals surface area contributed by atoms with Crippen LogP contribution < -0.4 is 5.73 Å². The third-order valence-corrected chi connectivity index (χ3v) is 2.66. The van der Waals surface area contributed by atoms with Crippen molar-refractivity contribution in [3.8, 4) is 0 Å². The monoisotopic (exact) mass is 199 g/mol. The smallest absolute Gasteiger partial charge is 0.188 e. The predicted octanol–water partition coefficient (Wildman–Crippen LogP) is 1.04. The number of nitrogens with two attached hydrogens (primary N) is 1. The van der Waals surface area contributed by atoms with Gasteiger partial charge in [-0.05, 0) is 12.8 Å². The third-order valence-electron chi connectivity index (χ3n) is 2.66. The highest BCUT2D eigenvalue weighted by atomic mass is 19.1. The van der Waals surface area contributed by atoms with Gasteiger partial charge in [-0.2, -0.15) is 5.10 Å². The van der Waals surface area contributed by atoms with E-state index in [4.69, 9.17) is 10.5 Å². The number of hydrogen-bond acceptors (Lipinski definition) is 3. The van der Waals surface area contributed by atoms with Crippen LogP contribution in [-0.2, 0) is 11.8 Å². The van der Waals surface area contributed by atoms with Gasteiger partial charge < -0.3 is 10.5 Å². The maximum absolute atomic E-state index is 13.6. The van der Waals surface area contributed by atoms with Crippen LogP contribution in [0.4, 0.5) is 10.2 Å². The number of nitrogens with zero attached hydrogens (tertiary/aromatic N) is 2. The second-order valence-corrected chi connectivity index (χ2v) is 3.59. The van der Waals surface area contributed by atoms with Gasteiger partial charge in [-0.15, -0.1) is 0 Å². The Bertz CT molecular complexity index is 331. The van der Waals surface area contributed by atoms with E-state index in [-0.39, 0.29) is 17.6 Å². The molecule has 1 aromatic heterocycles. The number of aromatic nitrogens is 2. The van der Waals surface area contributed by atoms with Gasteiger partial charge in [0.15, 0.2) is 11.6 Å². The summed E-state index contributed by atoms with van der Waals surface area (Å²) >= 11 is 0. The van der Waals surface area contributed by atoms with Crippen LogP contribution in [-0.4, -0.2) is 23.0 Å². The molecule has 1 fully saturated rings. The second kappa shape index (κ2) is 3.57. The molecule has 0 aliphatic carbocycles. The summed E-state index contributed by atoms with van der Waals surface area (Å²) < 4.78 is 20.2. The van der Waals surface area contributed by atoms with Crippen LogP contribution in [0.15, 0.2) is 0 Å². The molecule has 14 heavy (non-hydrogen) atoms. The molecule has 78 valence electrons. The van der Waals surface area contributed by atoms with E-state index in [9.17, 15) is 4.39 Å². The van der Waals surface area contributed by atoms with E-state index in [0.29, 0.717) is 18.9 Å². The van der Waals surface area contributed by atoms with Crippen LogP contribution in [0.1, 0.15) is 24.5 Å². The van der Waals surface area contributed by atoms with Gasteiger partial charge in [0.2, 0.25) is 0 Å². The molecule has 2 rings (SSSR count). The highest BCUT2D eigenvalue weighted by Crippen LogP contribution is 2.29. The number of hydrogen-bond donors (Lipinski definition) is 1. The standard InChI is InChI=1S/C9H14FN3O/c1-13-9(11)7(10)8(12-13)6-2-4-14-5-3-6/h6H,2-5,11H2,1H3. The Morgan fingerprint density at radius 2 is 2.14 bits per heavy atom. The van der Waals surface area contributed by atoms with Crippen molar-refractivity contribution < 1.29 is 9.13 Å². The van der Waals surface area contributed by atoms with Crippen molar-refractivity contribution in [3.05, 3.63) is 11.5 Å². The fourth-order valence-electron chi connectivity index (χ4n) is 1.76. The molecular formula is C9H14FN3O. The van der Waals surface area contributed by atoms with E-state index in [2.05, 4.69) is 5.10 Å². The average Bonchev–Trinajstić information content (AvgIpc) is 2.47. The summed E-state index contributed by atoms with van der Waals surface area (Å²) in [5.74, 6) is -0.0851. The van der Waals surface area contributed by atoms with E-state index in [1.165, 1.54) is 4.68 Å². The lowest BCUT2D eigenvalue weighted by Gasteiger charge is -2.19. The fourth-order valence-corrected chi connectivity index (χ4v) is 1.76. The molecule has 4 nitrogen and oxygen atoms in total. The van der Waals surface area contributed by atoms with Crippen LogP contribution in [0, 0.1) is 5.82 Å². The molecule has 0 saturated carbocycles. The number of ether oxygens (including phenoxy) is 1. The highest BCUT2D eigenvalue weighted by molar-refractivity contribution is 5.34. The molecule has 1 aromatic rings. The van der Waals surface area contributed by atoms with E-state index in [1.54, 1.807) is 7.05 Å². The van der Waals surface area contributed by atoms with Gasteiger partial charge in [-0.25, -0.2) is 4.39 Å². The quantitative estimate of drug-likeness (QED) is 0.735. The zero-order chi connectivity index (χ0) is 10.1. The molecule has 0 aromatic carbocycles. The molecule has 2 heterocycles. The number of nitrogen functional groups attached to an aromatic ring is 1. The average molecular weight is 199 g/mol. The first-order valence-electron chi connectivity index (χ1n) is 4.75. The second-order valence-electron chi connectivity index (χ2n) is 3.59. The first-order valence-corrected chi connectivity index (χ1v) is 4.75. The van der Waals surface area contributed by atoms with Crippen LogP contribution >= 0.6 is 0 Å². The Kier molecular flexibility index (Phi) is 2.41. The van der Waals surface area contributed by atoms with Crippen LogP contribution in [0.2, 0.25) is 0 Å². The van der Waals surface area contributed by atoms with E-state index >= 15 is 0 Å². The van der Waals surface area contributed by atoms with Gasteiger partial charge in [0.25, 0.3) is 0 Å². The van der Waals surface area contributed by atoms with E-state index < -0.39 is 0 Å². The summed E-state index contributed by atoms with van der Waals surface area (Å²) in [7, 11) is 1.65. The van der Waals surface area contributed by atoms with Gasteiger partial charge >= 0.3 is 0 Å². The first-order chi connectivity index (χ1) is 6.70. The van der Waals surface area contributed by atoms with Crippen LogP contribution in [0.25, 0.3) is 0 Å². The molecule has 1 saturated heterocycles. The molecule has 0 amide bonds. The molecule has 0 spiro atoms. The molecular weight excluding hydrogens is 185 g/mol. The minimum Gasteiger partial charge on any atom is -0.381 e. The lowest BCUT2D eigenvalue weighted by molar-refractivity contribution is 0.0837. The minimum atomic E-state index is -0.362. The van der Waals surface area contributed by atoms with Crippen molar-refractivity contribution in [1.29, 1.82) is 0 Å². The summed E-state index contributed by atoms with van der Waals surface area (Å²) in [6.45, 7) is 1.36. The zero-order valence-corrected chi connectivity index (χ0v) is 8.16. The lowest BCUT2D eigenvalue weighted by Crippen LogP contribution is -2.15. The molecule has 1 aliphatic rings. The summed E-state index contributed by atoms with van der Waals surface area (Å²) in [4.78, 5) is 0. The SMILES string of the molecule is Cn1nc(C2CCOCC2)c(F)c1N. The molecule has 0 atom stereocenters. The van der Waals surface area contributed by atoms with Crippen molar-refractivity contribution in [1.82, 2.24) is 9.78 Å². The lowest BCUT2D eigenvalue weighted by atomic mass is 9.96. The summed E-state index contributed by atoms with van der Waals surface area (Å²) in [6.07, 6.45) is 1.65. The van der Waals surface area contributed by atoms with Gasteiger partial charge in [0.1, 0.15) is 5.69 Å². The maximum atomic E-state index is 13.6. The Balaban J connectivity index is 2.26. The predicted molar refractivity (Wildman–Crippen MR) is 50.4 cm³/mol. The van der Waals surface area contributed by atoms with E-state index in [0.717, 1.165) is 12.8 Å². The van der Waals surface area contributed by atoms with Crippen molar-refractivity contribution in [2.45, 2.75) is 18.8 Å². The van der Waals surface area contributed by atoms with Crippen molar-refractivity contribution in [2.75, 3.05) is 18.9 Å². The Hall–Kier alpha value is -1.10. The zero-order valence-electron chi connectivity index (χ0n) is 8.16. The number of aryl methyl sites for hydroxylation is 1. The van der Waals surface area contributed by atoms with Crippen LogP contribution in [0.5, 0.6) is 0 Å².